The number of amides is 1. The number of carboxylic acids is 1. The van der Waals surface area contributed by atoms with Gasteiger partial charge in [0, 0.05) is 5.56 Å². The number of hydrogen-bond donors (Lipinski definition) is 2. The topological polar surface area (TPSA) is 75.6 Å². The highest BCUT2D eigenvalue weighted by Crippen LogP contribution is 2.37. The van der Waals surface area contributed by atoms with Crippen molar-refractivity contribution < 1.29 is 19.4 Å². The molecule has 1 aliphatic carbocycles. The van der Waals surface area contributed by atoms with Crippen molar-refractivity contribution in [3.63, 3.8) is 0 Å². The summed E-state index contributed by atoms with van der Waals surface area (Å²) in [6, 6.07) is 3.12. The zero-order chi connectivity index (χ0) is 15.9. The number of fused-ring (bicyclic) bond motifs is 1. The monoisotopic (exact) mass is 303 g/mol. The molecular weight excluding hydrogens is 282 g/mol. The highest BCUT2D eigenvalue weighted by Gasteiger charge is 2.35. The predicted molar refractivity (Wildman–Crippen MR) is 81.1 cm³/mol. The van der Waals surface area contributed by atoms with Crippen molar-refractivity contribution >= 4 is 11.9 Å². The van der Waals surface area contributed by atoms with Gasteiger partial charge >= 0.3 is 5.97 Å². The van der Waals surface area contributed by atoms with Crippen LogP contribution in [0.25, 0.3) is 0 Å². The van der Waals surface area contributed by atoms with E-state index in [1.807, 2.05) is 26.0 Å². The number of carboxylic acid groups (broad SMARTS) is 1. The molecule has 0 saturated heterocycles. The number of aliphatic carboxylic acids is 1. The van der Waals surface area contributed by atoms with E-state index in [0.717, 1.165) is 35.3 Å². The summed E-state index contributed by atoms with van der Waals surface area (Å²) in [7, 11) is 0. The molecule has 2 atom stereocenters. The maximum Gasteiger partial charge on any atom is 0.326 e. The molecule has 1 aliphatic heterocycles. The molecule has 2 aliphatic rings. The largest absolute Gasteiger partial charge is 0.492 e. The predicted octanol–water partition coefficient (Wildman–Crippen LogP) is 2.15. The summed E-state index contributed by atoms with van der Waals surface area (Å²) in [5, 5.41) is 12.0. The van der Waals surface area contributed by atoms with E-state index in [0.29, 0.717) is 12.3 Å². The maximum atomic E-state index is 12.5. The lowest BCUT2D eigenvalue weighted by Crippen LogP contribution is -2.43. The fraction of sp³-hybridized carbons (Fsp3) is 0.529. The van der Waals surface area contributed by atoms with Crippen LogP contribution in [0.3, 0.4) is 0 Å². The molecule has 1 aromatic carbocycles. The Morgan fingerprint density at radius 3 is 2.64 bits per heavy atom. The number of carbonyl (C=O) groups excluding carboxylic acids is 1. The second-order valence-electron chi connectivity index (χ2n) is 6.42. The van der Waals surface area contributed by atoms with Gasteiger partial charge in [0.2, 0.25) is 5.91 Å². The number of aryl methyl sites for hydroxylation is 2. The van der Waals surface area contributed by atoms with Crippen LogP contribution in [0.1, 0.15) is 41.9 Å². The molecule has 1 amide bonds. The van der Waals surface area contributed by atoms with Gasteiger partial charge in [0.25, 0.3) is 0 Å². The Morgan fingerprint density at radius 2 is 2.00 bits per heavy atom. The third-order valence-electron chi connectivity index (χ3n) is 4.60. The summed E-state index contributed by atoms with van der Waals surface area (Å²) in [6.07, 6.45) is 2.65. The average Bonchev–Trinajstić information content (AvgIpc) is 3.18. The summed E-state index contributed by atoms with van der Waals surface area (Å²) in [4.78, 5) is 23.8. The molecule has 1 saturated carbocycles. The zero-order valence-corrected chi connectivity index (χ0v) is 12.9. The Morgan fingerprint density at radius 1 is 1.32 bits per heavy atom. The quantitative estimate of drug-likeness (QED) is 0.874. The van der Waals surface area contributed by atoms with Gasteiger partial charge in [-0.3, -0.25) is 4.79 Å². The minimum atomic E-state index is -0.959. The number of nitrogens with one attached hydrogen (secondary N) is 1. The summed E-state index contributed by atoms with van der Waals surface area (Å²) in [6.45, 7) is 4.28. The van der Waals surface area contributed by atoms with Crippen molar-refractivity contribution in [1.29, 1.82) is 0 Å². The maximum absolute atomic E-state index is 12.5. The first-order chi connectivity index (χ1) is 10.5. The minimum absolute atomic E-state index is 0.255. The van der Waals surface area contributed by atoms with Crippen molar-refractivity contribution in [1.82, 2.24) is 5.32 Å². The molecule has 1 fully saturated rings. The molecule has 118 valence electrons. The van der Waals surface area contributed by atoms with Gasteiger partial charge in [-0.1, -0.05) is 18.9 Å². The lowest BCUT2D eigenvalue weighted by Gasteiger charge is -2.17. The number of hydrogen-bond acceptors (Lipinski definition) is 3. The molecule has 22 heavy (non-hydrogen) atoms. The van der Waals surface area contributed by atoms with Crippen molar-refractivity contribution in [3.8, 4) is 5.75 Å². The van der Waals surface area contributed by atoms with Crippen LogP contribution in [0.2, 0.25) is 0 Å². The molecule has 2 N–H and O–H groups in total. The van der Waals surface area contributed by atoms with Crippen LogP contribution in [0.4, 0.5) is 0 Å². The molecule has 1 aromatic rings. The first-order valence-corrected chi connectivity index (χ1v) is 7.73. The Bertz CT molecular complexity index is 621. The van der Waals surface area contributed by atoms with Crippen molar-refractivity contribution in [2.75, 3.05) is 6.61 Å². The van der Waals surface area contributed by atoms with E-state index in [1.165, 1.54) is 0 Å². The Labute approximate surface area is 129 Å². The van der Waals surface area contributed by atoms with E-state index in [2.05, 4.69) is 5.32 Å². The van der Waals surface area contributed by atoms with Crippen LogP contribution in [-0.2, 0) is 9.59 Å². The lowest BCUT2D eigenvalue weighted by molar-refractivity contribution is -0.142. The number of benzene rings is 1. The lowest BCUT2D eigenvalue weighted by atomic mass is 9.96. The van der Waals surface area contributed by atoms with E-state index in [1.54, 1.807) is 0 Å². The first kappa shape index (κ1) is 14.9. The molecule has 2 unspecified atom stereocenters. The average molecular weight is 303 g/mol. The van der Waals surface area contributed by atoms with E-state index >= 15 is 0 Å². The van der Waals surface area contributed by atoms with Gasteiger partial charge in [-0.25, -0.2) is 4.79 Å². The molecule has 1 heterocycles. The Kier molecular flexibility index (Phi) is 3.81. The van der Waals surface area contributed by atoms with Crippen molar-refractivity contribution in [2.45, 2.75) is 45.1 Å². The number of rotatable bonds is 5. The van der Waals surface area contributed by atoms with Gasteiger partial charge in [-0.05, 0) is 43.4 Å². The van der Waals surface area contributed by atoms with E-state index < -0.39 is 17.9 Å². The van der Waals surface area contributed by atoms with E-state index in [9.17, 15) is 14.7 Å². The van der Waals surface area contributed by atoms with Crippen LogP contribution in [-0.4, -0.2) is 29.6 Å². The molecule has 0 bridgehead atoms. The summed E-state index contributed by atoms with van der Waals surface area (Å²) < 4.78 is 5.60. The van der Waals surface area contributed by atoms with Crippen LogP contribution < -0.4 is 10.1 Å². The Hall–Kier alpha value is -2.04. The Balaban J connectivity index is 1.73. The van der Waals surface area contributed by atoms with Crippen LogP contribution in [0.15, 0.2) is 12.1 Å². The van der Waals surface area contributed by atoms with E-state index in [-0.39, 0.29) is 12.5 Å². The number of carbonyl (C=O) groups is 2. The van der Waals surface area contributed by atoms with Gasteiger partial charge in [0.1, 0.15) is 24.3 Å². The second kappa shape index (κ2) is 5.63. The zero-order valence-electron chi connectivity index (χ0n) is 12.9. The first-order valence-electron chi connectivity index (χ1n) is 7.73. The molecule has 0 aromatic heterocycles. The summed E-state index contributed by atoms with van der Waals surface area (Å²) >= 11 is 0. The third-order valence-corrected chi connectivity index (χ3v) is 4.60. The minimum Gasteiger partial charge on any atom is -0.492 e. The van der Waals surface area contributed by atoms with Crippen molar-refractivity contribution in [3.05, 3.63) is 28.8 Å². The molecule has 0 radical (unpaired) electrons. The fourth-order valence-corrected chi connectivity index (χ4v) is 2.87. The molecule has 0 spiro atoms. The molecule has 5 heteroatoms. The van der Waals surface area contributed by atoms with Gasteiger partial charge in [-0.15, -0.1) is 0 Å². The number of ether oxygens (including phenoxy) is 1. The van der Waals surface area contributed by atoms with Gasteiger partial charge < -0.3 is 15.2 Å². The second-order valence-corrected chi connectivity index (χ2v) is 6.42. The molecule has 3 rings (SSSR count). The van der Waals surface area contributed by atoms with Crippen LogP contribution >= 0.6 is 0 Å². The van der Waals surface area contributed by atoms with Crippen LogP contribution in [0.5, 0.6) is 5.75 Å². The van der Waals surface area contributed by atoms with Crippen LogP contribution in [0, 0.1) is 19.8 Å². The summed E-state index contributed by atoms with van der Waals surface area (Å²) in [5.74, 6) is -0.458. The SMILES string of the molecule is Cc1cc2c(cc1C)C(C(=O)NC(CC1CC1)C(=O)O)CO2. The van der Waals surface area contributed by atoms with Gasteiger partial charge in [0.15, 0.2) is 0 Å². The highest BCUT2D eigenvalue weighted by molar-refractivity contribution is 5.89. The summed E-state index contributed by atoms with van der Waals surface area (Å²) in [5.41, 5.74) is 3.09. The smallest absolute Gasteiger partial charge is 0.326 e. The van der Waals surface area contributed by atoms with Gasteiger partial charge in [0.05, 0.1) is 0 Å². The highest BCUT2D eigenvalue weighted by atomic mass is 16.5. The molecule has 5 nitrogen and oxygen atoms in total. The molecular formula is C17H21NO4. The van der Waals surface area contributed by atoms with E-state index in [4.69, 9.17) is 4.74 Å². The third kappa shape index (κ3) is 2.93. The van der Waals surface area contributed by atoms with Crippen molar-refractivity contribution in [2.24, 2.45) is 5.92 Å². The standard InChI is InChI=1S/C17H21NO4/c1-9-5-12-13(8-22-15(12)6-10(9)2)16(19)18-14(17(20)21)7-11-3-4-11/h5-6,11,13-14H,3-4,7-8H2,1-2H3,(H,18,19)(H,20,21). The normalized spacial score (nSPS) is 20.9. The van der Waals surface area contributed by atoms with Gasteiger partial charge in [-0.2, -0.15) is 0 Å². The fourth-order valence-electron chi connectivity index (χ4n) is 2.87.